The molecule has 1 aromatic heterocycles. The van der Waals surface area contributed by atoms with E-state index in [-0.39, 0.29) is 11.9 Å². The van der Waals surface area contributed by atoms with Gasteiger partial charge >= 0.3 is 0 Å². The zero-order valence-corrected chi connectivity index (χ0v) is 13.8. The summed E-state index contributed by atoms with van der Waals surface area (Å²) in [6.07, 6.45) is 1.64. The van der Waals surface area contributed by atoms with Crippen LogP contribution in [0.2, 0.25) is 0 Å². The van der Waals surface area contributed by atoms with Crippen LogP contribution >= 0.6 is 0 Å². The summed E-state index contributed by atoms with van der Waals surface area (Å²) in [5, 5.41) is 14.9. The molecule has 2 heterocycles. The highest BCUT2D eigenvalue weighted by Crippen LogP contribution is 2.39. The van der Waals surface area contributed by atoms with Gasteiger partial charge in [0, 0.05) is 18.9 Å². The number of aliphatic hydroxyl groups is 1. The van der Waals surface area contributed by atoms with E-state index >= 15 is 0 Å². The van der Waals surface area contributed by atoms with Gasteiger partial charge in [-0.15, -0.1) is 0 Å². The van der Waals surface area contributed by atoms with Crippen LogP contribution in [0.15, 0.2) is 30.3 Å². The Kier molecular flexibility index (Phi) is 3.84. The van der Waals surface area contributed by atoms with Gasteiger partial charge in [-0.05, 0) is 25.3 Å². The number of nitrogens with zero attached hydrogens (tertiary/aromatic N) is 4. The molecule has 2 aliphatic rings. The van der Waals surface area contributed by atoms with Crippen LogP contribution in [0.25, 0.3) is 0 Å². The average Bonchev–Trinajstić information content (AvgIpc) is 3.35. The monoisotopic (exact) mass is 326 g/mol. The Balaban J connectivity index is 1.48. The first-order valence-electron chi connectivity index (χ1n) is 8.60. The maximum Gasteiger partial charge on any atom is 0.252 e. The van der Waals surface area contributed by atoms with E-state index < -0.39 is 6.10 Å². The van der Waals surface area contributed by atoms with Gasteiger partial charge in [0.25, 0.3) is 5.91 Å². The van der Waals surface area contributed by atoms with Crippen molar-refractivity contribution in [3.63, 3.8) is 0 Å². The predicted molar refractivity (Wildman–Crippen MR) is 88.3 cm³/mol. The smallest absolute Gasteiger partial charge is 0.252 e. The Morgan fingerprint density at radius 2 is 2.04 bits per heavy atom. The maximum absolute atomic E-state index is 12.7. The van der Waals surface area contributed by atoms with E-state index in [0.29, 0.717) is 25.4 Å². The third-order valence-corrected chi connectivity index (χ3v) is 4.89. The van der Waals surface area contributed by atoms with Gasteiger partial charge in [0.05, 0.1) is 12.6 Å². The minimum atomic E-state index is -1.02. The predicted octanol–water partition coefficient (Wildman–Crippen LogP) is 1.66. The normalized spacial score (nSPS) is 21.4. The Bertz CT molecular complexity index is 739. The fourth-order valence-electron chi connectivity index (χ4n) is 3.31. The lowest BCUT2D eigenvalue weighted by Crippen LogP contribution is -2.46. The van der Waals surface area contributed by atoms with Crippen molar-refractivity contribution in [3.05, 3.63) is 47.5 Å². The van der Waals surface area contributed by atoms with Crippen molar-refractivity contribution in [1.29, 1.82) is 0 Å². The average molecular weight is 326 g/mol. The molecule has 1 N–H and O–H groups in total. The molecule has 1 saturated carbocycles. The maximum atomic E-state index is 12.7. The van der Waals surface area contributed by atoms with E-state index in [1.807, 2.05) is 41.9 Å². The molecular weight excluding hydrogens is 304 g/mol. The Labute approximate surface area is 141 Å². The number of aliphatic hydroxyl groups excluding tert-OH is 1. The zero-order valence-electron chi connectivity index (χ0n) is 13.8. The SMILES string of the molecule is C[C@@H]1c2nc(C3CC3)nn2CCN1C(=O)[C@@H](O)Cc1ccccc1. The molecule has 4 rings (SSSR count). The van der Waals surface area contributed by atoms with E-state index in [9.17, 15) is 9.90 Å². The summed E-state index contributed by atoms with van der Waals surface area (Å²) < 4.78 is 1.92. The number of aromatic nitrogens is 3. The molecule has 6 nitrogen and oxygen atoms in total. The zero-order chi connectivity index (χ0) is 16.7. The van der Waals surface area contributed by atoms with E-state index in [1.165, 1.54) is 0 Å². The van der Waals surface area contributed by atoms with Crippen molar-refractivity contribution in [3.8, 4) is 0 Å². The number of carbonyl (C=O) groups excluding carboxylic acids is 1. The molecule has 0 saturated heterocycles. The highest BCUT2D eigenvalue weighted by molar-refractivity contribution is 5.81. The lowest BCUT2D eigenvalue weighted by molar-refractivity contribution is -0.143. The second-order valence-corrected chi connectivity index (χ2v) is 6.74. The molecule has 2 aromatic rings. The Morgan fingerprint density at radius 1 is 1.29 bits per heavy atom. The Hall–Kier alpha value is -2.21. The molecule has 24 heavy (non-hydrogen) atoms. The molecule has 0 radical (unpaired) electrons. The first-order valence-corrected chi connectivity index (χ1v) is 8.60. The van der Waals surface area contributed by atoms with Gasteiger partial charge in [-0.1, -0.05) is 30.3 Å². The summed E-state index contributed by atoms with van der Waals surface area (Å²) >= 11 is 0. The van der Waals surface area contributed by atoms with Crippen LogP contribution in [0.4, 0.5) is 0 Å². The van der Waals surface area contributed by atoms with Crippen LogP contribution in [-0.2, 0) is 17.8 Å². The molecule has 0 bridgehead atoms. The second kappa shape index (κ2) is 6.02. The summed E-state index contributed by atoms with van der Waals surface area (Å²) in [5.41, 5.74) is 0.960. The summed E-state index contributed by atoms with van der Waals surface area (Å²) in [5.74, 6) is 2.02. The third-order valence-electron chi connectivity index (χ3n) is 4.89. The second-order valence-electron chi connectivity index (χ2n) is 6.74. The summed E-state index contributed by atoms with van der Waals surface area (Å²) in [7, 11) is 0. The number of fused-ring (bicyclic) bond motifs is 1. The van der Waals surface area contributed by atoms with Crippen LogP contribution in [0.1, 0.15) is 48.9 Å². The minimum absolute atomic E-state index is 0.156. The fourth-order valence-corrected chi connectivity index (χ4v) is 3.31. The summed E-state index contributed by atoms with van der Waals surface area (Å²) in [6.45, 7) is 3.17. The third kappa shape index (κ3) is 2.82. The molecule has 0 spiro atoms. The van der Waals surface area contributed by atoms with Crippen LogP contribution in [0, 0.1) is 0 Å². The number of hydrogen-bond acceptors (Lipinski definition) is 4. The molecule has 6 heteroatoms. The van der Waals surface area contributed by atoms with Crippen molar-refractivity contribution in [2.24, 2.45) is 0 Å². The standard InChI is InChI=1S/C18H22N4O2/c1-12-17-19-16(14-7-8-14)20-22(17)10-9-21(12)18(24)15(23)11-13-5-3-2-4-6-13/h2-6,12,14-15,23H,7-11H2,1H3/t12-,15+/m1/s1. The van der Waals surface area contributed by atoms with Crippen LogP contribution < -0.4 is 0 Å². The van der Waals surface area contributed by atoms with Crippen LogP contribution in [0.5, 0.6) is 0 Å². The van der Waals surface area contributed by atoms with Gasteiger partial charge in [-0.25, -0.2) is 9.67 Å². The highest BCUT2D eigenvalue weighted by atomic mass is 16.3. The number of carbonyl (C=O) groups is 1. The topological polar surface area (TPSA) is 71.2 Å². The largest absolute Gasteiger partial charge is 0.383 e. The van der Waals surface area contributed by atoms with Crippen molar-refractivity contribution in [1.82, 2.24) is 19.7 Å². The first-order chi connectivity index (χ1) is 11.6. The molecule has 1 aliphatic carbocycles. The van der Waals surface area contributed by atoms with Crippen molar-refractivity contribution in [2.45, 2.75) is 50.8 Å². The van der Waals surface area contributed by atoms with E-state index in [4.69, 9.17) is 0 Å². The van der Waals surface area contributed by atoms with E-state index in [1.54, 1.807) is 4.90 Å². The molecule has 1 aromatic carbocycles. The van der Waals surface area contributed by atoms with Crippen molar-refractivity contribution >= 4 is 5.91 Å². The first kappa shape index (κ1) is 15.3. The lowest BCUT2D eigenvalue weighted by atomic mass is 10.1. The van der Waals surface area contributed by atoms with Crippen LogP contribution in [0.3, 0.4) is 0 Å². The molecular formula is C18H22N4O2. The molecule has 1 aliphatic heterocycles. The molecule has 0 unspecified atom stereocenters. The van der Waals surface area contributed by atoms with Crippen LogP contribution in [-0.4, -0.2) is 43.3 Å². The summed E-state index contributed by atoms with van der Waals surface area (Å²) in [6, 6.07) is 9.45. The lowest BCUT2D eigenvalue weighted by Gasteiger charge is -2.34. The number of benzene rings is 1. The van der Waals surface area contributed by atoms with Gasteiger partial charge in [0.15, 0.2) is 5.82 Å². The van der Waals surface area contributed by atoms with Gasteiger partial charge in [-0.3, -0.25) is 4.79 Å². The minimum Gasteiger partial charge on any atom is -0.383 e. The molecule has 126 valence electrons. The van der Waals surface area contributed by atoms with Gasteiger partial charge in [0.2, 0.25) is 0 Å². The van der Waals surface area contributed by atoms with Gasteiger partial charge < -0.3 is 10.0 Å². The quantitative estimate of drug-likeness (QED) is 0.927. The van der Waals surface area contributed by atoms with Gasteiger partial charge in [-0.2, -0.15) is 5.10 Å². The number of hydrogen-bond donors (Lipinski definition) is 1. The number of rotatable bonds is 4. The van der Waals surface area contributed by atoms with Crippen molar-refractivity contribution in [2.75, 3.05) is 6.54 Å². The van der Waals surface area contributed by atoms with Crippen molar-refractivity contribution < 1.29 is 9.90 Å². The summed E-state index contributed by atoms with van der Waals surface area (Å²) in [4.78, 5) is 19.1. The molecule has 1 fully saturated rings. The van der Waals surface area contributed by atoms with E-state index in [2.05, 4.69) is 10.1 Å². The Morgan fingerprint density at radius 3 is 2.75 bits per heavy atom. The highest BCUT2D eigenvalue weighted by Gasteiger charge is 2.36. The molecule has 2 atom stereocenters. The van der Waals surface area contributed by atoms with Gasteiger partial charge in [0.1, 0.15) is 11.9 Å². The van der Waals surface area contributed by atoms with E-state index in [0.717, 1.165) is 30.1 Å². The number of amides is 1. The fraction of sp³-hybridized carbons (Fsp3) is 0.500. The molecule has 1 amide bonds.